The zero-order valence-corrected chi connectivity index (χ0v) is 20.2. The first kappa shape index (κ1) is 24.3. The number of amides is 2. The molecular weight excluding hydrogens is 412 g/mol. The van der Waals surface area contributed by atoms with E-state index in [1.54, 1.807) is 4.90 Å². The summed E-state index contributed by atoms with van der Waals surface area (Å²) in [5.41, 5.74) is 1.70. The van der Waals surface area contributed by atoms with Crippen molar-refractivity contribution in [3.63, 3.8) is 0 Å². The van der Waals surface area contributed by atoms with E-state index in [-0.39, 0.29) is 24.0 Å². The van der Waals surface area contributed by atoms with Crippen molar-refractivity contribution >= 4 is 22.6 Å². The van der Waals surface area contributed by atoms with E-state index in [2.05, 4.69) is 5.32 Å². The van der Waals surface area contributed by atoms with Crippen LogP contribution in [-0.4, -0.2) is 34.9 Å². The van der Waals surface area contributed by atoms with Gasteiger partial charge in [0, 0.05) is 17.5 Å². The summed E-state index contributed by atoms with van der Waals surface area (Å²) in [6, 6.07) is 21.0. The van der Waals surface area contributed by atoms with E-state index in [1.807, 2.05) is 101 Å². The first-order chi connectivity index (χ1) is 15.7. The zero-order valence-electron chi connectivity index (χ0n) is 20.2. The fourth-order valence-corrected chi connectivity index (χ4v) is 3.89. The molecule has 5 nitrogen and oxygen atoms in total. The van der Waals surface area contributed by atoms with Gasteiger partial charge in [0.25, 0.3) is 5.91 Å². The average Bonchev–Trinajstić information content (AvgIpc) is 2.77. The topological polar surface area (TPSA) is 58.6 Å². The number of fused-ring (bicyclic) bond motifs is 1. The second kappa shape index (κ2) is 10.5. The molecule has 0 unspecified atom stereocenters. The van der Waals surface area contributed by atoms with Gasteiger partial charge in [-0.2, -0.15) is 0 Å². The lowest BCUT2D eigenvalue weighted by Crippen LogP contribution is -2.54. The van der Waals surface area contributed by atoms with Crippen molar-refractivity contribution in [3.8, 4) is 5.75 Å². The summed E-state index contributed by atoms with van der Waals surface area (Å²) in [6.45, 7) is 9.97. The van der Waals surface area contributed by atoms with Gasteiger partial charge in [0.05, 0.1) is 0 Å². The lowest BCUT2D eigenvalue weighted by Gasteiger charge is -2.33. The molecule has 174 valence electrons. The normalized spacial score (nSPS) is 12.3. The minimum absolute atomic E-state index is 0.140. The van der Waals surface area contributed by atoms with Gasteiger partial charge in [0.2, 0.25) is 5.91 Å². The Morgan fingerprint density at radius 3 is 2.33 bits per heavy atom. The lowest BCUT2D eigenvalue weighted by atomic mass is 10.0. The highest BCUT2D eigenvalue weighted by Gasteiger charge is 2.31. The van der Waals surface area contributed by atoms with Crippen LogP contribution in [0.25, 0.3) is 10.8 Å². The van der Waals surface area contributed by atoms with Crippen LogP contribution in [0.15, 0.2) is 66.7 Å². The van der Waals surface area contributed by atoms with Crippen LogP contribution in [0.5, 0.6) is 5.75 Å². The molecule has 0 fully saturated rings. The molecule has 1 N–H and O–H groups in total. The van der Waals surface area contributed by atoms with Gasteiger partial charge in [0.1, 0.15) is 11.8 Å². The molecule has 3 aromatic rings. The summed E-state index contributed by atoms with van der Waals surface area (Å²) in [6.07, 6.45) is 0.508. The smallest absolute Gasteiger partial charge is 0.261 e. The maximum Gasteiger partial charge on any atom is 0.261 e. The summed E-state index contributed by atoms with van der Waals surface area (Å²) in [7, 11) is 0. The summed E-state index contributed by atoms with van der Waals surface area (Å²) in [4.78, 5) is 28.2. The van der Waals surface area contributed by atoms with Crippen LogP contribution < -0.4 is 10.1 Å². The highest BCUT2D eigenvalue weighted by molar-refractivity contribution is 5.90. The molecule has 0 heterocycles. The van der Waals surface area contributed by atoms with Crippen LogP contribution in [0.3, 0.4) is 0 Å². The minimum atomic E-state index is -0.590. The van der Waals surface area contributed by atoms with Crippen LogP contribution >= 0.6 is 0 Å². The number of hydrogen-bond donors (Lipinski definition) is 1. The Balaban J connectivity index is 1.86. The van der Waals surface area contributed by atoms with Crippen molar-refractivity contribution in [2.24, 2.45) is 0 Å². The zero-order chi connectivity index (χ0) is 24.0. The van der Waals surface area contributed by atoms with E-state index in [1.165, 1.54) is 0 Å². The van der Waals surface area contributed by atoms with Crippen molar-refractivity contribution in [1.82, 2.24) is 10.2 Å². The maximum absolute atomic E-state index is 13.5. The minimum Gasteiger partial charge on any atom is -0.483 e. The van der Waals surface area contributed by atoms with Crippen molar-refractivity contribution in [3.05, 3.63) is 77.9 Å². The van der Waals surface area contributed by atoms with Gasteiger partial charge in [-0.25, -0.2) is 0 Å². The predicted molar refractivity (Wildman–Crippen MR) is 133 cm³/mol. The number of benzene rings is 3. The fraction of sp³-hybridized carbons (Fsp3) is 0.357. The molecule has 0 spiro atoms. The van der Waals surface area contributed by atoms with E-state index in [4.69, 9.17) is 4.74 Å². The molecule has 0 bridgehead atoms. The number of rotatable bonds is 8. The highest BCUT2D eigenvalue weighted by Crippen LogP contribution is 2.25. The Labute approximate surface area is 196 Å². The Morgan fingerprint density at radius 2 is 1.64 bits per heavy atom. The number of aryl methyl sites for hydroxylation is 1. The van der Waals surface area contributed by atoms with Crippen LogP contribution in [0.2, 0.25) is 0 Å². The quantitative estimate of drug-likeness (QED) is 0.514. The summed E-state index contributed by atoms with van der Waals surface area (Å²) in [5, 5.41) is 5.04. The Hall–Kier alpha value is -3.34. The standard InChI is InChI=1S/C28H34N2O3/c1-6-24(27(32)29-28(3,4)5)30(18-22-14-8-7-12-20(22)2)26(31)19-33-25-17-11-15-21-13-9-10-16-23(21)25/h7-17,24H,6,18-19H2,1-5H3,(H,29,32)/t24-/m1/s1. The Morgan fingerprint density at radius 1 is 0.970 bits per heavy atom. The SMILES string of the molecule is CC[C@H](C(=O)NC(C)(C)C)N(Cc1ccccc1C)C(=O)COc1cccc2ccccc12. The van der Waals surface area contributed by atoms with Gasteiger partial charge in [0.15, 0.2) is 6.61 Å². The summed E-state index contributed by atoms with van der Waals surface area (Å²) >= 11 is 0. The van der Waals surface area contributed by atoms with Crippen LogP contribution in [0.4, 0.5) is 0 Å². The predicted octanol–water partition coefficient (Wildman–Crippen LogP) is 5.25. The van der Waals surface area contributed by atoms with Gasteiger partial charge in [-0.1, -0.05) is 67.6 Å². The van der Waals surface area contributed by atoms with Crippen molar-refractivity contribution in [2.75, 3.05) is 6.61 Å². The van der Waals surface area contributed by atoms with Gasteiger partial charge in [-0.15, -0.1) is 0 Å². The fourth-order valence-electron chi connectivity index (χ4n) is 3.89. The van der Waals surface area contributed by atoms with E-state index >= 15 is 0 Å². The number of nitrogens with one attached hydrogen (secondary N) is 1. The highest BCUT2D eigenvalue weighted by atomic mass is 16.5. The van der Waals surface area contributed by atoms with Crippen molar-refractivity contribution < 1.29 is 14.3 Å². The van der Waals surface area contributed by atoms with Crippen molar-refractivity contribution in [2.45, 2.75) is 59.2 Å². The van der Waals surface area contributed by atoms with Gasteiger partial charge < -0.3 is 15.0 Å². The largest absolute Gasteiger partial charge is 0.483 e. The molecule has 0 aliphatic heterocycles. The van der Waals surface area contributed by atoms with Crippen molar-refractivity contribution in [1.29, 1.82) is 0 Å². The molecule has 0 saturated heterocycles. The lowest BCUT2D eigenvalue weighted by molar-refractivity contribution is -0.143. The molecule has 0 saturated carbocycles. The number of carbonyl (C=O) groups is 2. The van der Waals surface area contributed by atoms with Crippen LogP contribution in [0, 0.1) is 6.92 Å². The summed E-state index contributed by atoms with van der Waals surface area (Å²) < 4.78 is 5.98. The number of nitrogens with zero attached hydrogens (tertiary/aromatic N) is 1. The molecule has 0 aromatic heterocycles. The van der Waals surface area contributed by atoms with Crippen LogP contribution in [-0.2, 0) is 16.1 Å². The molecule has 3 aromatic carbocycles. The van der Waals surface area contributed by atoms with E-state index in [0.717, 1.165) is 21.9 Å². The van der Waals surface area contributed by atoms with Gasteiger partial charge in [-0.3, -0.25) is 9.59 Å². The third kappa shape index (κ3) is 6.35. The average molecular weight is 447 g/mol. The van der Waals surface area contributed by atoms with E-state index in [9.17, 15) is 9.59 Å². The first-order valence-corrected chi connectivity index (χ1v) is 11.5. The molecule has 0 aliphatic carbocycles. The second-order valence-electron chi connectivity index (χ2n) is 9.38. The Bertz CT molecular complexity index is 1110. The number of carbonyl (C=O) groups excluding carboxylic acids is 2. The Kier molecular flexibility index (Phi) is 7.75. The third-order valence-electron chi connectivity index (χ3n) is 5.59. The second-order valence-corrected chi connectivity index (χ2v) is 9.38. The monoisotopic (exact) mass is 446 g/mol. The molecule has 3 rings (SSSR count). The van der Waals surface area contributed by atoms with E-state index < -0.39 is 6.04 Å². The van der Waals surface area contributed by atoms with E-state index in [0.29, 0.717) is 18.7 Å². The first-order valence-electron chi connectivity index (χ1n) is 11.5. The number of hydrogen-bond acceptors (Lipinski definition) is 3. The third-order valence-corrected chi connectivity index (χ3v) is 5.59. The molecule has 5 heteroatoms. The van der Waals surface area contributed by atoms with Gasteiger partial charge in [-0.05, 0) is 56.7 Å². The van der Waals surface area contributed by atoms with Crippen LogP contribution in [0.1, 0.15) is 45.2 Å². The molecule has 2 amide bonds. The molecule has 1 atom stereocenters. The molecule has 33 heavy (non-hydrogen) atoms. The molecule has 0 radical (unpaired) electrons. The van der Waals surface area contributed by atoms with Gasteiger partial charge >= 0.3 is 0 Å². The summed E-state index contributed by atoms with van der Waals surface area (Å²) in [5.74, 6) is 0.281. The number of ether oxygens (including phenoxy) is 1. The maximum atomic E-state index is 13.5. The molecular formula is C28H34N2O3. The molecule has 0 aliphatic rings.